The maximum absolute atomic E-state index is 5.94. The number of nitrogens with one attached hydrogen (secondary N) is 1. The molecule has 2 unspecified atom stereocenters. The normalized spacial score (nSPS) is 21.4. The van der Waals surface area contributed by atoms with Crippen molar-refractivity contribution in [2.24, 2.45) is 0 Å². The largest absolute Gasteiger partial charge is 0.376 e. The van der Waals surface area contributed by atoms with Crippen molar-refractivity contribution in [2.75, 3.05) is 13.7 Å². The lowest BCUT2D eigenvalue weighted by Gasteiger charge is -2.31. The quantitative estimate of drug-likeness (QED) is 0.916. The van der Waals surface area contributed by atoms with Crippen molar-refractivity contribution in [2.45, 2.75) is 31.4 Å². The van der Waals surface area contributed by atoms with Crippen LogP contribution in [0.15, 0.2) is 36.7 Å². The van der Waals surface area contributed by atoms with Crippen LogP contribution in [0.4, 0.5) is 0 Å². The topological polar surface area (TPSA) is 34.2 Å². The fourth-order valence-corrected chi connectivity index (χ4v) is 2.96. The third-order valence-electron chi connectivity index (χ3n) is 3.93. The molecule has 1 aromatic carbocycles. The molecular formula is C16H20N2O. The van der Waals surface area contributed by atoms with Gasteiger partial charge in [-0.3, -0.25) is 4.98 Å². The zero-order valence-corrected chi connectivity index (χ0v) is 11.3. The van der Waals surface area contributed by atoms with Gasteiger partial charge in [-0.15, -0.1) is 0 Å². The smallest absolute Gasteiger partial charge is 0.0770 e. The van der Waals surface area contributed by atoms with Crippen LogP contribution in [0.2, 0.25) is 0 Å². The van der Waals surface area contributed by atoms with Crippen molar-refractivity contribution in [1.29, 1.82) is 0 Å². The van der Waals surface area contributed by atoms with E-state index in [1.165, 1.54) is 29.2 Å². The average Bonchev–Trinajstić information content (AvgIpc) is 2.49. The fraction of sp³-hybridized carbons (Fsp3) is 0.438. The lowest BCUT2D eigenvalue weighted by molar-refractivity contribution is -0.00638. The Morgan fingerprint density at radius 1 is 1.26 bits per heavy atom. The molecular weight excluding hydrogens is 236 g/mol. The molecule has 1 aliphatic heterocycles. The third-order valence-corrected chi connectivity index (χ3v) is 3.93. The standard InChI is InChI=1S/C16H20N2O/c1-17-16(15-8-4-5-9-19-15)14-11-18-10-12-6-2-3-7-13(12)14/h2-3,6-7,10-11,15-17H,4-5,8-9H2,1H3. The highest BCUT2D eigenvalue weighted by molar-refractivity contribution is 5.85. The number of nitrogens with zero attached hydrogens (tertiary/aromatic N) is 1. The van der Waals surface area contributed by atoms with Gasteiger partial charge in [-0.1, -0.05) is 24.3 Å². The summed E-state index contributed by atoms with van der Waals surface area (Å²) in [5.74, 6) is 0. The Morgan fingerprint density at radius 2 is 2.16 bits per heavy atom. The van der Waals surface area contributed by atoms with E-state index in [0.29, 0.717) is 0 Å². The summed E-state index contributed by atoms with van der Waals surface area (Å²) in [5, 5.41) is 5.88. The minimum Gasteiger partial charge on any atom is -0.376 e. The van der Waals surface area contributed by atoms with Gasteiger partial charge in [0.1, 0.15) is 0 Å². The highest BCUT2D eigenvalue weighted by atomic mass is 16.5. The van der Waals surface area contributed by atoms with Crippen molar-refractivity contribution in [3.05, 3.63) is 42.2 Å². The molecule has 1 N–H and O–H groups in total. The minimum absolute atomic E-state index is 0.221. The Balaban J connectivity index is 2.00. The van der Waals surface area contributed by atoms with Gasteiger partial charge in [0.2, 0.25) is 0 Å². The first-order valence-corrected chi connectivity index (χ1v) is 7.01. The fourth-order valence-electron chi connectivity index (χ4n) is 2.96. The average molecular weight is 256 g/mol. The first-order valence-electron chi connectivity index (χ1n) is 7.01. The van der Waals surface area contributed by atoms with Gasteiger partial charge in [0, 0.05) is 24.4 Å². The Bertz CT molecular complexity index is 544. The van der Waals surface area contributed by atoms with Gasteiger partial charge in [-0.05, 0) is 37.3 Å². The van der Waals surface area contributed by atoms with E-state index in [1.807, 2.05) is 19.4 Å². The molecule has 1 aromatic heterocycles. The Kier molecular flexibility index (Phi) is 3.76. The number of hydrogen-bond donors (Lipinski definition) is 1. The van der Waals surface area contributed by atoms with E-state index < -0.39 is 0 Å². The van der Waals surface area contributed by atoms with Crippen molar-refractivity contribution in [1.82, 2.24) is 10.3 Å². The number of rotatable bonds is 3. The van der Waals surface area contributed by atoms with Gasteiger partial charge in [0.05, 0.1) is 12.1 Å². The zero-order chi connectivity index (χ0) is 13.1. The Labute approximate surface area is 114 Å². The van der Waals surface area contributed by atoms with Gasteiger partial charge in [-0.25, -0.2) is 0 Å². The van der Waals surface area contributed by atoms with Crippen LogP contribution in [0.5, 0.6) is 0 Å². The summed E-state index contributed by atoms with van der Waals surface area (Å²) in [7, 11) is 2.00. The molecule has 0 amide bonds. The molecule has 2 atom stereocenters. The van der Waals surface area contributed by atoms with Crippen LogP contribution < -0.4 is 5.32 Å². The van der Waals surface area contributed by atoms with Crippen molar-refractivity contribution in [3.63, 3.8) is 0 Å². The summed E-state index contributed by atoms with van der Waals surface area (Å²) in [6, 6.07) is 8.64. The molecule has 0 bridgehead atoms. The Morgan fingerprint density at radius 3 is 2.95 bits per heavy atom. The lowest BCUT2D eigenvalue weighted by atomic mass is 9.93. The molecule has 1 aliphatic rings. The van der Waals surface area contributed by atoms with Crippen LogP contribution in [0.25, 0.3) is 10.8 Å². The summed E-state index contributed by atoms with van der Waals surface area (Å²) < 4.78 is 5.94. The number of benzene rings is 1. The van der Waals surface area contributed by atoms with E-state index in [1.54, 1.807) is 0 Å². The molecule has 0 radical (unpaired) electrons. The SMILES string of the molecule is CNC(c1cncc2ccccc12)C1CCCCO1. The molecule has 2 aromatic rings. The van der Waals surface area contributed by atoms with Crippen LogP contribution in [-0.4, -0.2) is 24.7 Å². The number of ether oxygens (including phenoxy) is 1. The second-order valence-corrected chi connectivity index (χ2v) is 5.12. The molecule has 3 rings (SSSR count). The molecule has 19 heavy (non-hydrogen) atoms. The van der Waals surface area contributed by atoms with Crippen molar-refractivity contribution >= 4 is 10.8 Å². The molecule has 3 heteroatoms. The van der Waals surface area contributed by atoms with Crippen LogP contribution in [0, 0.1) is 0 Å². The van der Waals surface area contributed by atoms with E-state index in [0.717, 1.165) is 13.0 Å². The predicted octanol–water partition coefficient (Wildman–Crippen LogP) is 3.06. The van der Waals surface area contributed by atoms with Crippen molar-refractivity contribution < 1.29 is 4.74 Å². The van der Waals surface area contributed by atoms with Crippen LogP contribution >= 0.6 is 0 Å². The van der Waals surface area contributed by atoms with Gasteiger partial charge in [-0.2, -0.15) is 0 Å². The second kappa shape index (κ2) is 5.68. The summed E-state index contributed by atoms with van der Waals surface area (Å²) in [6.45, 7) is 0.876. The third kappa shape index (κ3) is 2.48. The van der Waals surface area contributed by atoms with Crippen LogP contribution in [0.1, 0.15) is 30.9 Å². The summed E-state index contributed by atoms with van der Waals surface area (Å²) >= 11 is 0. The van der Waals surface area contributed by atoms with Crippen LogP contribution in [0.3, 0.4) is 0 Å². The first-order chi connectivity index (χ1) is 9.40. The molecule has 3 nitrogen and oxygen atoms in total. The maximum Gasteiger partial charge on any atom is 0.0770 e. The second-order valence-electron chi connectivity index (χ2n) is 5.12. The first kappa shape index (κ1) is 12.6. The molecule has 0 spiro atoms. The lowest BCUT2D eigenvalue weighted by Crippen LogP contribution is -2.34. The molecule has 0 aliphatic carbocycles. The highest BCUT2D eigenvalue weighted by Gasteiger charge is 2.26. The van der Waals surface area contributed by atoms with Crippen molar-refractivity contribution in [3.8, 4) is 0 Å². The monoisotopic (exact) mass is 256 g/mol. The summed E-state index contributed by atoms with van der Waals surface area (Å²) in [4.78, 5) is 4.38. The number of hydrogen-bond acceptors (Lipinski definition) is 3. The van der Waals surface area contributed by atoms with E-state index >= 15 is 0 Å². The van der Waals surface area contributed by atoms with E-state index in [9.17, 15) is 0 Å². The van der Waals surface area contributed by atoms with E-state index in [2.05, 4.69) is 34.6 Å². The number of fused-ring (bicyclic) bond motifs is 1. The Hall–Kier alpha value is -1.45. The molecule has 0 saturated carbocycles. The maximum atomic E-state index is 5.94. The molecule has 2 heterocycles. The zero-order valence-electron chi connectivity index (χ0n) is 11.3. The molecule has 100 valence electrons. The van der Waals surface area contributed by atoms with Crippen LogP contribution in [-0.2, 0) is 4.74 Å². The predicted molar refractivity (Wildman–Crippen MR) is 77.1 cm³/mol. The molecule has 1 fully saturated rings. The van der Waals surface area contributed by atoms with E-state index in [-0.39, 0.29) is 12.1 Å². The summed E-state index contributed by atoms with van der Waals surface area (Å²) in [6.07, 6.45) is 7.71. The minimum atomic E-state index is 0.221. The number of likely N-dealkylation sites (N-methyl/N-ethyl adjacent to an activating group) is 1. The number of pyridine rings is 1. The van der Waals surface area contributed by atoms with Gasteiger partial charge in [0.25, 0.3) is 0 Å². The highest BCUT2D eigenvalue weighted by Crippen LogP contribution is 2.30. The van der Waals surface area contributed by atoms with Gasteiger partial charge < -0.3 is 10.1 Å². The number of aromatic nitrogens is 1. The molecule has 1 saturated heterocycles. The summed E-state index contributed by atoms with van der Waals surface area (Å²) in [5.41, 5.74) is 1.24. The van der Waals surface area contributed by atoms with Gasteiger partial charge >= 0.3 is 0 Å². The van der Waals surface area contributed by atoms with Gasteiger partial charge in [0.15, 0.2) is 0 Å². The van der Waals surface area contributed by atoms with E-state index in [4.69, 9.17) is 4.74 Å².